The van der Waals surface area contributed by atoms with Crippen molar-refractivity contribution in [2.45, 2.75) is 46.1 Å². The van der Waals surface area contributed by atoms with Crippen LogP contribution in [0.2, 0.25) is 0 Å². The molecule has 34 heavy (non-hydrogen) atoms. The van der Waals surface area contributed by atoms with Crippen molar-refractivity contribution in [1.29, 1.82) is 0 Å². The van der Waals surface area contributed by atoms with E-state index in [0.29, 0.717) is 18.0 Å². The van der Waals surface area contributed by atoms with Gasteiger partial charge in [-0.15, -0.1) is 0 Å². The first-order chi connectivity index (χ1) is 16.6. The Kier molecular flexibility index (Phi) is 7.62. The molecule has 0 bridgehead atoms. The van der Waals surface area contributed by atoms with E-state index in [0.717, 1.165) is 55.8 Å². The van der Waals surface area contributed by atoms with Crippen molar-refractivity contribution in [3.8, 4) is 17.0 Å². The minimum absolute atomic E-state index is 0.0402. The number of carbonyl (C=O) groups excluding carboxylic acids is 2. The number of hydrogen-bond acceptors (Lipinski definition) is 4. The zero-order chi connectivity index (χ0) is 23.9. The molecule has 0 atom stereocenters. The molecule has 1 aliphatic heterocycles. The van der Waals surface area contributed by atoms with E-state index in [1.807, 2.05) is 60.4 Å². The summed E-state index contributed by atoms with van der Waals surface area (Å²) in [5, 5.41) is 7.57. The molecule has 7 heteroatoms. The molecule has 1 N–H and O–H groups in total. The molecule has 0 spiro atoms. The summed E-state index contributed by atoms with van der Waals surface area (Å²) in [6.45, 7) is 6.06. The Labute approximate surface area is 200 Å². The molecule has 0 saturated carbocycles. The lowest BCUT2D eigenvalue weighted by molar-refractivity contribution is -0.116. The van der Waals surface area contributed by atoms with Crippen molar-refractivity contribution in [1.82, 2.24) is 14.7 Å². The molecule has 1 aliphatic rings. The molecule has 1 aromatic heterocycles. The summed E-state index contributed by atoms with van der Waals surface area (Å²) in [5.41, 5.74) is 3.89. The van der Waals surface area contributed by atoms with Gasteiger partial charge >= 0.3 is 0 Å². The molecule has 0 aliphatic carbocycles. The van der Waals surface area contributed by atoms with Gasteiger partial charge in [-0.05, 0) is 80.6 Å². The minimum Gasteiger partial charge on any atom is -0.494 e. The molecule has 7 nitrogen and oxygen atoms in total. The number of aromatic nitrogens is 2. The first kappa shape index (κ1) is 23.5. The topological polar surface area (TPSA) is 76.5 Å². The monoisotopic (exact) mass is 460 g/mol. The zero-order valence-electron chi connectivity index (χ0n) is 19.9. The molecular formula is C27H32N4O3. The summed E-state index contributed by atoms with van der Waals surface area (Å²) in [4.78, 5) is 28.0. The van der Waals surface area contributed by atoms with E-state index < -0.39 is 0 Å². The number of likely N-dealkylation sites (tertiary alicyclic amines) is 1. The molecule has 1 saturated heterocycles. The standard InChI is InChI=1S/C27H32N4O3/c1-3-20-8-12-22(13-9-20)28-26(32)19-31-25(27(33)30-16-6-5-7-17-30)18-24(29-31)21-10-14-23(15-11-21)34-4-2/h8-15,18H,3-7,16-17,19H2,1-2H3,(H,28,32). The Hall–Kier alpha value is -3.61. The van der Waals surface area contributed by atoms with Crippen LogP contribution in [0.1, 0.15) is 49.2 Å². The highest BCUT2D eigenvalue weighted by molar-refractivity contribution is 5.95. The van der Waals surface area contributed by atoms with E-state index in [9.17, 15) is 9.59 Å². The number of rotatable bonds is 8. The van der Waals surface area contributed by atoms with Crippen LogP contribution in [0.25, 0.3) is 11.3 Å². The number of ether oxygens (including phenoxy) is 1. The quantitative estimate of drug-likeness (QED) is 0.525. The van der Waals surface area contributed by atoms with Gasteiger partial charge in [-0.3, -0.25) is 9.59 Å². The van der Waals surface area contributed by atoms with E-state index in [4.69, 9.17) is 4.74 Å². The van der Waals surface area contributed by atoms with Gasteiger partial charge < -0.3 is 15.0 Å². The average Bonchev–Trinajstić information content (AvgIpc) is 3.28. The van der Waals surface area contributed by atoms with Gasteiger partial charge in [0.15, 0.2) is 0 Å². The van der Waals surface area contributed by atoms with Crippen LogP contribution < -0.4 is 10.1 Å². The lowest BCUT2D eigenvalue weighted by Crippen LogP contribution is -2.37. The molecular weight excluding hydrogens is 428 g/mol. The van der Waals surface area contributed by atoms with E-state index in [1.165, 1.54) is 10.2 Å². The number of nitrogens with one attached hydrogen (secondary N) is 1. The third-order valence-corrected chi connectivity index (χ3v) is 6.04. The van der Waals surface area contributed by atoms with Crippen LogP contribution in [0.5, 0.6) is 5.75 Å². The normalized spacial score (nSPS) is 13.5. The van der Waals surface area contributed by atoms with Gasteiger partial charge in [0, 0.05) is 24.3 Å². The lowest BCUT2D eigenvalue weighted by Gasteiger charge is -2.26. The van der Waals surface area contributed by atoms with Crippen LogP contribution >= 0.6 is 0 Å². The molecule has 0 unspecified atom stereocenters. The molecule has 178 valence electrons. The molecule has 4 rings (SSSR count). The maximum absolute atomic E-state index is 13.3. The van der Waals surface area contributed by atoms with E-state index in [2.05, 4.69) is 17.3 Å². The Morgan fingerprint density at radius 1 is 0.971 bits per heavy atom. The van der Waals surface area contributed by atoms with Crippen LogP contribution in [0.15, 0.2) is 54.6 Å². The fraction of sp³-hybridized carbons (Fsp3) is 0.370. The Morgan fingerprint density at radius 3 is 2.32 bits per heavy atom. The molecule has 1 fully saturated rings. The highest BCUT2D eigenvalue weighted by Gasteiger charge is 2.24. The average molecular weight is 461 g/mol. The number of anilines is 1. The van der Waals surface area contributed by atoms with Gasteiger partial charge in [0.2, 0.25) is 5.91 Å². The Balaban J connectivity index is 1.57. The van der Waals surface area contributed by atoms with Gasteiger partial charge in [-0.25, -0.2) is 4.68 Å². The maximum Gasteiger partial charge on any atom is 0.272 e. The molecule has 2 amide bonds. The summed E-state index contributed by atoms with van der Waals surface area (Å²) in [5.74, 6) is 0.478. The van der Waals surface area contributed by atoms with Crippen LogP contribution in [0, 0.1) is 0 Å². The zero-order valence-corrected chi connectivity index (χ0v) is 19.9. The smallest absolute Gasteiger partial charge is 0.272 e. The van der Waals surface area contributed by atoms with Crippen LogP contribution in [-0.2, 0) is 17.8 Å². The second-order valence-electron chi connectivity index (χ2n) is 8.48. The third-order valence-electron chi connectivity index (χ3n) is 6.04. The number of hydrogen-bond donors (Lipinski definition) is 1. The van der Waals surface area contributed by atoms with Crippen LogP contribution in [-0.4, -0.2) is 46.2 Å². The Morgan fingerprint density at radius 2 is 1.68 bits per heavy atom. The number of benzene rings is 2. The van der Waals surface area contributed by atoms with Gasteiger partial charge in [-0.1, -0.05) is 19.1 Å². The van der Waals surface area contributed by atoms with Crippen LogP contribution in [0.3, 0.4) is 0 Å². The summed E-state index contributed by atoms with van der Waals surface area (Å²) in [6.07, 6.45) is 4.08. The van der Waals surface area contributed by atoms with E-state index >= 15 is 0 Å². The molecule has 2 aromatic carbocycles. The number of piperidine rings is 1. The van der Waals surface area contributed by atoms with Gasteiger partial charge in [0.1, 0.15) is 18.0 Å². The van der Waals surface area contributed by atoms with Gasteiger partial charge in [0.05, 0.1) is 12.3 Å². The van der Waals surface area contributed by atoms with Gasteiger partial charge in [0.25, 0.3) is 5.91 Å². The number of carbonyl (C=O) groups is 2. The van der Waals surface area contributed by atoms with Crippen molar-refractivity contribution in [2.24, 2.45) is 0 Å². The molecule has 0 radical (unpaired) electrons. The summed E-state index contributed by atoms with van der Waals surface area (Å²) in [7, 11) is 0. The van der Waals surface area contributed by atoms with Crippen molar-refractivity contribution in [3.05, 3.63) is 65.9 Å². The predicted octanol–water partition coefficient (Wildman–Crippen LogP) is 4.78. The van der Waals surface area contributed by atoms with Crippen LogP contribution in [0.4, 0.5) is 5.69 Å². The lowest BCUT2D eigenvalue weighted by atomic mass is 10.1. The minimum atomic E-state index is -0.224. The van der Waals surface area contributed by atoms with Gasteiger partial charge in [-0.2, -0.15) is 5.10 Å². The van der Waals surface area contributed by atoms with E-state index in [-0.39, 0.29) is 18.4 Å². The fourth-order valence-corrected chi connectivity index (χ4v) is 4.16. The second-order valence-corrected chi connectivity index (χ2v) is 8.48. The first-order valence-corrected chi connectivity index (χ1v) is 12.1. The Bertz CT molecular complexity index is 1110. The highest BCUT2D eigenvalue weighted by Crippen LogP contribution is 2.24. The number of amides is 2. The van der Waals surface area contributed by atoms with Crippen molar-refractivity contribution < 1.29 is 14.3 Å². The van der Waals surface area contributed by atoms with Crippen molar-refractivity contribution in [2.75, 3.05) is 25.0 Å². The van der Waals surface area contributed by atoms with Crippen molar-refractivity contribution >= 4 is 17.5 Å². The molecule has 2 heterocycles. The largest absolute Gasteiger partial charge is 0.494 e. The number of nitrogens with zero attached hydrogens (tertiary/aromatic N) is 3. The molecule has 3 aromatic rings. The van der Waals surface area contributed by atoms with Crippen molar-refractivity contribution in [3.63, 3.8) is 0 Å². The second kappa shape index (κ2) is 11.0. The fourth-order valence-electron chi connectivity index (χ4n) is 4.16. The first-order valence-electron chi connectivity index (χ1n) is 12.1. The SMILES string of the molecule is CCOc1ccc(-c2cc(C(=O)N3CCCCC3)n(CC(=O)Nc3ccc(CC)cc3)n2)cc1. The summed E-state index contributed by atoms with van der Waals surface area (Å²) < 4.78 is 7.05. The highest BCUT2D eigenvalue weighted by atomic mass is 16.5. The third kappa shape index (κ3) is 5.65. The summed E-state index contributed by atoms with van der Waals surface area (Å²) >= 11 is 0. The summed E-state index contributed by atoms with van der Waals surface area (Å²) in [6, 6.07) is 17.2. The maximum atomic E-state index is 13.3. The number of aryl methyl sites for hydroxylation is 1. The van der Waals surface area contributed by atoms with E-state index in [1.54, 1.807) is 6.07 Å². The predicted molar refractivity (Wildman–Crippen MR) is 133 cm³/mol.